The van der Waals surface area contributed by atoms with E-state index in [9.17, 15) is 4.79 Å². The molecule has 2 aromatic heterocycles. The second-order valence-electron chi connectivity index (χ2n) is 2.31. The Hall–Kier alpha value is -1.50. The van der Waals surface area contributed by atoms with Gasteiger partial charge in [0.2, 0.25) is 4.96 Å². The molecule has 0 aromatic carbocycles. The van der Waals surface area contributed by atoms with Crippen LogP contribution in [0.1, 0.15) is 5.01 Å². The van der Waals surface area contributed by atoms with Crippen molar-refractivity contribution in [2.45, 2.75) is 6.42 Å². The molecule has 2 rings (SSSR count). The number of aromatic nitrogens is 4. The monoisotopic (exact) mass is 198 g/mol. The Morgan fingerprint density at radius 3 is 3.31 bits per heavy atom. The minimum absolute atomic E-state index is 0.185. The Labute approximate surface area is 77.2 Å². The van der Waals surface area contributed by atoms with Gasteiger partial charge in [-0.3, -0.25) is 4.79 Å². The average Bonchev–Trinajstić information content (AvgIpc) is 2.63. The predicted octanol–water partition coefficient (Wildman–Crippen LogP) is -0.0987. The minimum atomic E-state index is -0.301. The van der Waals surface area contributed by atoms with Gasteiger partial charge in [0.25, 0.3) is 0 Å². The highest BCUT2D eigenvalue weighted by Gasteiger charge is 2.09. The number of carbonyl (C=O) groups is 1. The first-order chi connectivity index (χ1) is 6.29. The number of esters is 1. The van der Waals surface area contributed by atoms with Crippen molar-refractivity contribution >= 4 is 22.3 Å². The molecule has 0 amide bonds. The van der Waals surface area contributed by atoms with Gasteiger partial charge in [-0.25, -0.2) is 0 Å². The summed E-state index contributed by atoms with van der Waals surface area (Å²) < 4.78 is 6.04. The summed E-state index contributed by atoms with van der Waals surface area (Å²) in [7, 11) is 1.35. The molecule has 6 nitrogen and oxygen atoms in total. The van der Waals surface area contributed by atoms with Gasteiger partial charge in [-0.05, 0) is 0 Å². The van der Waals surface area contributed by atoms with Gasteiger partial charge in [-0.2, -0.15) is 9.61 Å². The molecule has 0 saturated heterocycles. The highest BCUT2D eigenvalue weighted by Crippen LogP contribution is 2.11. The highest BCUT2D eigenvalue weighted by atomic mass is 32.1. The van der Waals surface area contributed by atoms with Gasteiger partial charge in [0.05, 0.1) is 13.5 Å². The number of carbonyl (C=O) groups excluding carboxylic acids is 1. The van der Waals surface area contributed by atoms with E-state index in [0.29, 0.717) is 9.97 Å². The molecule has 0 atom stereocenters. The summed E-state index contributed by atoms with van der Waals surface area (Å²) >= 11 is 1.33. The van der Waals surface area contributed by atoms with Crippen LogP contribution in [-0.2, 0) is 16.0 Å². The standard InChI is InChI=1S/C6H6N4O2S/c1-12-5(11)2-4-9-10-3-7-8-6(10)13-4/h3H,2H2,1H3. The summed E-state index contributed by atoms with van der Waals surface area (Å²) in [6.07, 6.45) is 1.68. The summed E-state index contributed by atoms with van der Waals surface area (Å²) in [5.41, 5.74) is 0. The van der Waals surface area contributed by atoms with E-state index in [1.807, 2.05) is 0 Å². The largest absolute Gasteiger partial charge is 0.469 e. The molecule has 7 heteroatoms. The fraction of sp³-hybridized carbons (Fsp3) is 0.333. The lowest BCUT2D eigenvalue weighted by molar-refractivity contribution is -0.139. The van der Waals surface area contributed by atoms with Crippen LogP contribution in [0.5, 0.6) is 0 Å². The maximum atomic E-state index is 10.9. The number of methoxy groups -OCH3 is 1. The van der Waals surface area contributed by atoms with Gasteiger partial charge >= 0.3 is 5.97 Å². The number of hydrogen-bond acceptors (Lipinski definition) is 6. The lowest BCUT2D eigenvalue weighted by Crippen LogP contribution is -2.04. The second kappa shape index (κ2) is 3.09. The third kappa shape index (κ3) is 1.50. The SMILES string of the molecule is COC(=O)Cc1nn2cnnc2s1. The number of hydrogen-bond donors (Lipinski definition) is 0. The summed E-state index contributed by atoms with van der Waals surface area (Å²) in [4.78, 5) is 11.6. The molecule has 0 unspecified atom stereocenters. The van der Waals surface area contributed by atoms with Crippen LogP contribution in [-0.4, -0.2) is 32.9 Å². The van der Waals surface area contributed by atoms with E-state index in [1.54, 1.807) is 0 Å². The molecule has 0 radical (unpaired) electrons. The molecule has 0 aliphatic rings. The Kier molecular flexibility index (Phi) is 1.93. The lowest BCUT2D eigenvalue weighted by Gasteiger charge is -1.92. The summed E-state index contributed by atoms with van der Waals surface area (Å²) in [6.45, 7) is 0. The summed E-state index contributed by atoms with van der Waals surface area (Å²) in [5, 5.41) is 12.2. The Bertz CT molecular complexity index is 406. The summed E-state index contributed by atoms with van der Waals surface area (Å²) in [6, 6.07) is 0. The molecule has 0 aliphatic heterocycles. The van der Waals surface area contributed by atoms with Crippen LogP contribution in [0.25, 0.3) is 4.96 Å². The molecule has 2 aromatic rings. The van der Waals surface area contributed by atoms with Crippen LogP contribution < -0.4 is 0 Å². The topological polar surface area (TPSA) is 69.4 Å². The van der Waals surface area contributed by atoms with Gasteiger partial charge in [0.1, 0.15) is 11.3 Å². The fourth-order valence-corrected chi connectivity index (χ4v) is 1.67. The number of nitrogens with zero attached hydrogens (tertiary/aromatic N) is 4. The first-order valence-corrected chi connectivity index (χ1v) is 4.34. The zero-order valence-corrected chi connectivity index (χ0v) is 7.61. The molecule has 0 spiro atoms. The van der Waals surface area contributed by atoms with Crippen LogP contribution in [0.2, 0.25) is 0 Å². The molecule has 0 N–H and O–H groups in total. The van der Waals surface area contributed by atoms with E-state index in [0.717, 1.165) is 0 Å². The van der Waals surface area contributed by atoms with Crippen LogP contribution >= 0.6 is 11.3 Å². The smallest absolute Gasteiger partial charge is 0.312 e. The molecule has 13 heavy (non-hydrogen) atoms. The van der Waals surface area contributed by atoms with E-state index in [2.05, 4.69) is 20.0 Å². The normalized spacial score (nSPS) is 10.5. The van der Waals surface area contributed by atoms with Gasteiger partial charge in [0, 0.05) is 0 Å². The Balaban J connectivity index is 2.25. The predicted molar refractivity (Wildman–Crippen MR) is 44.4 cm³/mol. The third-order valence-electron chi connectivity index (χ3n) is 1.45. The molecular weight excluding hydrogens is 192 g/mol. The van der Waals surface area contributed by atoms with Crippen molar-refractivity contribution in [3.8, 4) is 0 Å². The van der Waals surface area contributed by atoms with Crippen molar-refractivity contribution < 1.29 is 9.53 Å². The van der Waals surface area contributed by atoms with E-state index in [4.69, 9.17) is 0 Å². The number of fused-ring (bicyclic) bond motifs is 1. The van der Waals surface area contributed by atoms with Crippen molar-refractivity contribution in [2.75, 3.05) is 7.11 Å². The minimum Gasteiger partial charge on any atom is -0.469 e. The van der Waals surface area contributed by atoms with Crippen molar-refractivity contribution in [1.82, 2.24) is 19.8 Å². The maximum Gasteiger partial charge on any atom is 0.312 e. The average molecular weight is 198 g/mol. The molecule has 68 valence electrons. The van der Waals surface area contributed by atoms with E-state index >= 15 is 0 Å². The molecule has 0 fully saturated rings. The molecule has 0 aliphatic carbocycles. The van der Waals surface area contributed by atoms with Gasteiger partial charge in [-0.15, -0.1) is 10.2 Å². The second-order valence-corrected chi connectivity index (χ2v) is 3.35. The highest BCUT2D eigenvalue weighted by molar-refractivity contribution is 7.16. The van der Waals surface area contributed by atoms with Gasteiger partial charge < -0.3 is 4.74 Å². The molecule has 2 heterocycles. The zero-order valence-electron chi connectivity index (χ0n) is 6.80. The van der Waals surface area contributed by atoms with Crippen molar-refractivity contribution in [3.05, 3.63) is 11.3 Å². The van der Waals surface area contributed by atoms with Crippen LogP contribution in [0, 0.1) is 0 Å². The van der Waals surface area contributed by atoms with Crippen molar-refractivity contribution in [2.24, 2.45) is 0 Å². The third-order valence-corrected chi connectivity index (χ3v) is 2.36. The van der Waals surface area contributed by atoms with E-state index in [-0.39, 0.29) is 12.4 Å². The van der Waals surface area contributed by atoms with Gasteiger partial charge in [-0.1, -0.05) is 11.3 Å². The van der Waals surface area contributed by atoms with Crippen LogP contribution in [0.15, 0.2) is 6.33 Å². The first kappa shape index (κ1) is 8.11. The molecular formula is C6H6N4O2S. The van der Waals surface area contributed by atoms with E-state index in [1.165, 1.54) is 29.3 Å². The number of rotatable bonds is 2. The van der Waals surface area contributed by atoms with Crippen LogP contribution in [0.4, 0.5) is 0 Å². The summed E-state index contributed by atoms with van der Waals surface area (Å²) in [5.74, 6) is -0.301. The number of ether oxygens (including phenoxy) is 1. The quantitative estimate of drug-likeness (QED) is 0.630. The lowest BCUT2D eigenvalue weighted by atomic mass is 10.5. The first-order valence-electron chi connectivity index (χ1n) is 3.52. The molecule has 0 saturated carbocycles. The Morgan fingerprint density at radius 1 is 1.77 bits per heavy atom. The molecule has 0 bridgehead atoms. The Morgan fingerprint density at radius 2 is 2.62 bits per heavy atom. The van der Waals surface area contributed by atoms with Crippen molar-refractivity contribution in [1.29, 1.82) is 0 Å². The van der Waals surface area contributed by atoms with Gasteiger partial charge in [0.15, 0.2) is 0 Å². The van der Waals surface area contributed by atoms with E-state index < -0.39 is 0 Å². The fourth-order valence-electron chi connectivity index (χ4n) is 0.868. The maximum absolute atomic E-state index is 10.9. The zero-order chi connectivity index (χ0) is 9.26. The van der Waals surface area contributed by atoms with Crippen molar-refractivity contribution in [3.63, 3.8) is 0 Å². The van der Waals surface area contributed by atoms with Crippen LogP contribution in [0.3, 0.4) is 0 Å².